The number of piperazine rings is 1. The fraction of sp³-hybridized carbons (Fsp3) is 0.300. The number of aromatic nitrogens is 1. The molecule has 2 heterocycles. The molecule has 0 radical (unpaired) electrons. The van der Waals surface area contributed by atoms with E-state index in [0.29, 0.717) is 43.8 Å². The lowest BCUT2D eigenvalue weighted by molar-refractivity contribution is 0.0612. The summed E-state index contributed by atoms with van der Waals surface area (Å²) in [5, 5.41) is 10.9. The number of nitrogens with two attached hydrogens (primary N) is 1. The summed E-state index contributed by atoms with van der Waals surface area (Å²) in [6, 6.07) is 11.3. The number of nitrogens with zero attached hydrogens (tertiary/aromatic N) is 2. The van der Waals surface area contributed by atoms with Crippen molar-refractivity contribution in [1.29, 1.82) is 0 Å². The number of aliphatic hydroxyl groups is 1. The molecule has 0 aliphatic carbocycles. The third kappa shape index (κ3) is 3.05. The number of para-hydroxylation sites is 1. The molecule has 27 heavy (non-hydrogen) atoms. The predicted molar refractivity (Wildman–Crippen MR) is 104 cm³/mol. The number of hydrogen-bond donors (Lipinski definition) is 3. The molecule has 7 nitrogen and oxygen atoms in total. The largest absolute Gasteiger partial charge is 0.395 e. The molecule has 0 unspecified atom stereocenters. The molecule has 4 rings (SSSR count). The van der Waals surface area contributed by atoms with Crippen molar-refractivity contribution in [3.63, 3.8) is 0 Å². The molecule has 1 saturated heterocycles. The van der Waals surface area contributed by atoms with E-state index in [1.165, 1.54) is 0 Å². The molecular formula is C20H22N4O3. The van der Waals surface area contributed by atoms with Crippen LogP contribution in [0.5, 0.6) is 0 Å². The quantitative estimate of drug-likeness (QED) is 0.645. The topological polar surface area (TPSA) is 103 Å². The van der Waals surface area contributed by atoms with Gasteiger partial charge < -0.3 is 20.7 Å². The molecule has 0 bridgehead atoms. The van der Waals surface area contributed by atoms with Crippen molar-refractivity contribution >= 4 is 33.6 Å². The van der Waals surface area contributed by atoms with Crippen LogP contribution in [0.15, 0.2) is 36.4 Å². The molecule has 0 atom stereocenters. The van der Waals surface area contributed by atoms with Crippen LogP contribution < -0.4 is 5.73 Å². The van der Waals surface area contributed by atoms with Gasteiger partial charge in [0.05, 0.1) is 23.3 Å². The molecule has 0 saturated carbocycles. The van der Waals surface area contributed by atoms with Crippen molar-refractivity contribution in [1.82, 2.24) is 14.8 Å². The number of fused-ring (bicyclic) bond motifs is 3. The third-order valence-corrected chi connectivity index (χ3v) is 5.23. The van der Waals surface area contributed by atoms with Crippen LogP contribution in [0.3, 0.4) is 0 Å². The zero-order valence-electron chi connectivity index (χ0n) is 14.9. The fourth-order valence-electron chi connectivity index (χ4n) is 3.84. The summed E-state index contributed by atoms with van der Waals surface area (Å²) < 4.78 is 0. The summed E-state index contributed by atoms with van der Waals surface area (Å²) in [4.78, 5) is 32.4. The van der Waals surface area contributed by atoms with E-state index in [2.05, 4.69) is 9.88 Å². The highest BCUT2D eigenvalue weighted by atomic mass is 16.3. The van der Waals surface area contributed by atoms with Crippen molar-refractivity contribution < 1.29 is 14.7 Å². The highest BCUT2D eigenvalue weighted by Gasteiger charge is 2.26. The van der Waals surface area contributed by atoms with Crippen LogP contribution in [-0.4, -0.2) is 71.0 Å². The smallest absolute Gasteiger partial charge is 0.254 e. The lowest BCUT2D eigenvalue weighted by atomic mass is 10.0. The molecular weight excluding hydrogens is 344 g/mol. The van der Waals surface area contributed by atoms with E-state index in [9.17, 15) is 9.59 Å². The van der Waals surface area contributed by atoms with E-state index in [-0.39, 0.29) is 18.1 Å². The SMILES string of the molecule is NC(=O)c1c(C(=O)N2CCN(CCO)CC2)ccc2c1[nH]c1ccccc12. The van der Waals surface area contributed by atoms with Crippen molar-refractivity contribution in [3.05, 3.63) is 47.5 Å². The van der Waals surface area contributed by atoms with Gasteiger partial charge in [-0.05, 0) is 12.1 Å². The fourth-order valence-corrected chi connectivity index (χ4v) is 3.84. The number of β-amino-alcohol motifs (C(OH)–C–C–N with tert-alkyl or cyclic N) is 1. The number of amides is 2. The number of hydrogen-bond acceptors (Lipinski definition) is 4. The van der Waals surface area contributed by atoms with Gasteiger partial charge in [0, 0.05) is 49.0 Å². The van der Waals surface area contributed by atoms with Gasteiger partial charge >= 0.3 is 0 Å². The Morgan fingerprint density at radius 3 is 2.48 bits per heavy atom. The molecule has 3 aromatic rings. The van der Waals surface area contributed by atoms with E-state index in [0.717, 1.165) is 16.3 Å². The van der Waals surface area contributed by atoms with Gasteiger partial charge in [-0.15, -0.1) is 0 Å². The van der Waals surface area contributed by atoms with Crippen LogP contribution in [0.2, 0.25) is 0 Å². The average Bonchev–Trinajstić information content (AvgIpc) is 3.06. The maximum atomic E-state index is 13.1. The molecule has 4 N–H and O–H groups in total. The summed E-state index contributed by atoms with van der Waals surface area (Å²) in [6.07, 6.45) is 0. The number of benzene rings is 2. The molecule has 2 amide bonds. The molecule has 1 fully saturated rings. The summed E-state index contributed by atoms with van der Waals surface area (Å²) in [7, 11) is 0. The highest BCUT2D eigenvalue weighted by molar-refractivity contribution is 6.19. The van der Waals surface area contributed by atoms with Crippen LogP contribution >= 0.6 is 0 Å². The van der Waals surface area contributed by atoms with Gasteiger partial charge in [-0.25, -0.2) is 0 Å². The van der Waals surface area contributed by atoms with Crippen molar-refractivity contribution in [2.45, 2.75) is 0 Å². The van der Waals surface area contributed by atoms with Crippen LogP contribution in [-0.2, 0) is 0 Å². The molecule has 140 valence electrons. The number of aromatic amines is 1. The molecule has 0 spiro atoms. The third-order valence-electron chi connectivity index (χ3n) is 5.23. The summed E-state index contributed by atoms with van der Waals surface area (Å²) in [5.41, 5.74) is 7.74. The molecule has 2 aromatic carbocycles. The Balaban J connectivity index is 1.73. The first-order valence-electron chi connectivity index (χ1n) is 9.06. The number of nitrogens with one attached hydrogen (secondary N) is 1. The first-order chi connectivity index (χ1) is 13.1. The van der Waals surface area contributed by atoms with Gasteiger partial charge in [-0.1, -0.05) is 24.3 Å². The van der Waals surface area contributed by atoms with Gasteiger partial charge in [0.15, 0.2) is 0 Å². The van der Waals surface area contributed by atoms with E-state index in [1.54, 1.807) is 11.0 Å². The van der Waals surface area contributed by atoms with Gasteiger partial charge in [0.2, 0.25) is 0 Å². The second kappa shape index (κ2) is 7.02. The van der Waals surface area contributed by atoms with Gasteiger partial charge in [-0.2, -0.15) is 0 Å². The lowest BCUT2D eigenvalue weighted by Crippen LogP contribution is -2.49. The molecule has 7 heteroatoms. The van der Waals surface area contributed by atoms with E-state index in [4.69, 9.17) is 10.8 Å². The number of aliphatic hydroxyl groups excluding tert-OH is 1. The Morgan fingerprint density at radius 1 is 1.04 bits per heavy atom. The summed E-state index contributed by atoms with van der Waals surface area (Å²) in [5.74, 6) is -0.803. The van der Waals surface area contributed by atoms with Crippen molar-refractivity contribution in [3.8, 4) is 0 Å². The molecule has 1 aromatic heterocycles. The second-order valence-electron chi connectivity index (χ2n) is 6.80. The van der Waals surface area contributed by atoms with Gasteiger partial charge in [-0.3, -0.25) is 14.5 Å². The highest BCUT2D eigenvalue weighted by Crippen LogP contribution is 2.30. The van der Waals surface area contributed by atoms with Crippen LogP contribution in [0, 0.1) is 0 Å². The number of primary amides is 1. The van der Waals surface area contributed by atoms with Crippen LogP contribution in [0.4, 0.5) is 0 Å². The van der Waals surface area contributed by atoms with Crippen LogP contribution in [0.25, 0.3) is 21.8 Å². The average molecular weight is 366 g/mol. The zero-order chi connectivity index (χ0) is 19.0. The monoisotopic (exact) mass is 366 g/mol. The molecule has 1 aliphatic rings. The molecule has 1 aliphatic heterocycles. The Bertz CT molecular complexity index is 1020. The number of rotatable bonds is 4. The van der Waals surface area contributed by atoms with E-state index < -0.39 is 5.91 Å². The summed E-state index contributed by atoms with van der Waals surface area (Å²) in [6.45, 7) is 3.23. The Morgan fingerprint density at radius 2 is 1.78 bits per heavy atom. The first-order valence-corrected chi connectivity index (χ1v) is 9.06. The Hall–Kier alpha value is -2.90. The minimum Gasteiger partial charge on any atom is -0.395 e. The number of carbonyl (C=O) groups is 2. The number of carbonyl (C=O) groups excluding carboxylic acids is 2. The maximum Gasteiger partial charge on any atom is 0.254 e. The minimum atomic E-state index is -0.616. The number of H-pyrrole nitrogens is 1. The second-order valence-corrected chi connectivity index (χ2v) is 6.80. The predicted octanol–water partition coefficient (Wildman–Crippen LogP) is 1.17. The lowest BCUT2D eigenvalue weighted by Gasteiger charge is -2.34. The van der Waals surface area contributed by atoms with E-state index in [1.807, 2.05) is 30.3 Å². The Kier molecular flexibility index (Phi) is 4.55. The Labute approximate surface area is 156 Å². The normalized spacial score (nSPS) is 15.5. The summed E-state index contributed by atoms with van der Waals surface area (Å²) >= 11 is 0. The van der Waals surface area contributed by atoms with Gasteiger partial charge in [0.1, 0.15) is 0 Å². The standard InChI is InChI=1S/C20H22N4O3/c21-19(26)17-15(20(27)24-9-7-23(8-10-24)11-12-25)6-5-14-13-3-1-2-4-16(13)22-18(14)17/h1-6,22,25H,7-12H2,(H2,21,26). The van der Waals surface area contributed by atoms with Crippen LogP contribution in [0.1, 0.15) is 20.7 Å². The van der Waals surface area contributed by atoms with E-state index >= 15 is 0 Å². The van der Waals surface area contributed by atoms with Crippen molar-refractivity contribution in [2.75, 3.05) is 39.3 Å². The zero-order valence-corrected chi connectivity index (χ0v) is 14.9. The van der Waals surface area contributed by atoms with Gasteiger partial charge in [0.25, 0.3) is 11.8 Å². The first kappa shape index (κ1) is 17.5. The van der Waals surface area contributed by atoms with Crippen molar-refractivity contribution in [2.24, 2.45) is 5.73 Å². The maximum absolute atomic E-state index is 13.1. The minimum absolute atomic E-state index is 0.108.